The summed E-state index contributed by atoms with van der Waals surface area (Å²) in [5, 5.41) is 12.9. The van der Waals surface area contributed by atoms with Crippen LogP contribution in [0.2, 0.25) is 0 Å². The molecule has 10 heteroatoms. The van der Waals surface area contributed by atoms with Crippen molar-refractivity contribution in [2.24, 2.45) is 20.5 Å². The van der Waals surface area contributed by atoms with Gasteiger partial charge in [0.25, 0.3) is 0 Å². The first-order valence-electron chi connectivity index (χ1n) is 7.80. The summed E-state index contributed by atoms with van der Waals surface area (Å²) in [7, 11) is 0. The summed E-state index contributed by atoms with van der Waals surface area (Å²) in [6.07, 6.45) is 0.577. The average molecular weight is 362 g/mol. The van der Waals surface area contributed by atoms with E-state index < -0.39 is 24.1 Å². The Morgan fingerprint density at radius 2 is 0.815 bits per heavy atom. The van der Waals surface area contributed by atoms with Crippen molar-refractivity contribution in [3.8, 4) is 0 Å². The predicted molar refractivity (Wildman–Crippen MR) is 91.9 cm³/mol. The van der Waals surface area contributed by atoms with Gasteiger partial charge in [0.15, 0.2) is 0 Å². The van der Waals surface area contributed by atoms with Gasteiger partial charge in [-0.05, 0) is 41.8 Å². The number of nitrogens with zero attached hydrogens (tertiary/aromatic N) is 6. The fourth-order valence-corrected chi connectivity index (χ4v) is 2.72. The van der Waals surface area contributed by atoms with E-state index in [1.165, 1.54) is 0 Å². The first-order valence-corrected chi connectivity index (χ1v) is 7.80. The number of hydrogen-bond acceptors (Lipinski definition) is 4. The van der Waals surface area contributed by atoms with E-state index in [-0.39, 0.29) is 0 Å². The van der Waals surface area contributed by atoms with E-state index in [0.717, 1.165) is 20.9 Å². The molecule has 2 aromatic carbocycles. The van der Waals surface area contributed by atoms with Crippen LogP contribution in [0, 0.1) is 0 Å². The molecule has 2 aromatic rings. The molecule has 0 saturated heterocycles. The highest BCUT2D eigenvalue weighted by molar-refractivity contribution is 6.17. The van der Waals surface area contributed by atoms with Crippen molar-refractivity contribution in [2.45, 2.75) is 6.42 Å². The maximum atomic E-state index is 11.5. The van der Waals surface area contributed by atoms with E-state index in [1.807, 2.05) is 0 Å². The maximum absolute atomic E-state index is 11.5. The molecule has 0 bridgehead atoms. The first kappa shape index (κ1) is 16.4. The lowest BCUT2D eigenvalue weighted by molar-refractivity contribution is 0.247. The number of benzene rings is 2. The molecule has 0 N–H and O–H groups in total. The zero-order valence-electron chi connectivity index (χ0n) is 13.6. The Labute approximate surface area is 151 Å². The van der Waals surface area contributed by atoms with Gasteiger partial charge in [-0.3, -0.25) is 0 Å². The minimum Gasteiger partial charge on any atom is -0.243 e. The Bertz CT molecular complexity index is 907. The van der Waals surface area contributed by atoms with Gasteiger partial charge in [-0.15, -0.1) is 0 Å². The number of imide groups is 2. The number of anilines is 2. The van der Waals surface area contributed by atoms with Crippen molar-refractivity contribution in [1.82, 2.24) is 0 Å². The lowest BCUT2D eigenvalue weighted by Gasteiger charge is -2.12. The minimum absolute atomic E-state index is 0.396. The Balaban J connectivity index is 1.47. The van der Waals surface area contributed by atoms with Gasteiger partial charge in [0.2, 0.25) is 0 Å². The molecule has 27 heavy (non-hydrogen) atoms. The Kier molecular flexibility index (Phi) is 3.84. The number of rotatable bonds is 4. The minimum atomic E-state index is -0.715. The second kappa shape index (κ2) is 6.33. The van der Waals surface area contributed by atoms with E-state index in [9.17, 15) is 19.2 Å². The predicted octanol–water partition coefficient (Wildman–Crippen LogP) is 4.30. The number of urea groups is 4. The van der Waals surface area contributed by atoms with E-state index in [2.05, 4.69) is 20.5 Å². The van der Waals surface area contributed by atoms with Gasteiger partial charge >= 0.3 is 24.1 Å². The summed E-state index contributed by atoms with van der Waals surface area (Å²) in [5.41, 5.74) is 2.68. The molecule has 0 unspecified atom stereocenters. The highest BCUT2D eigenvalue weighted by Crippen LogP contribution is 2.24. The van der Waals surface area contributed by atoms with Crippen LogP contribution in [0.25, 0.3) is 0 Å². The van der Waals surface area contributed by atoms with Gasteiger partial charge in [-0.2, -0.15) is 0 Å². The molecule has 0 atom stereocenters. The third kappa shape index (κ3) is 2.99. The summed E-state index contributed by atoms with van der Waals surface area (Å²) >= 11 is 0. The van der Waals surface area contributed by atoms with Crippen LogP contribution in [-0.2, 0) is 6.42 Å². The van der Waals surface area contributed by atoms with Crippen molar-refractivity contribution < 1.29 is 19.2 Å². The van der Waals surface area contributed by atoms with Crippen LogP contribution >= 0.6 is 0 Å². The van der Waals surface area contributed by atoms with Crippen LogP contribution in [0.15, 0.2) is 69.0 Å². The van der Waals surface area contributed by atoms with E-state index in [4.69, 9.17) is 0 Å². The van der Waals surface area contributed by atoms with E-state index in [1.54, 1.807) is 48.5 Å². The molecule has 4 rings (SSSR count). The highest BCUT2D eigenvalue weighted by atomic mass is 16.2. The number of amides is 8. The van der Waals surface area contributed by atoms with Crippen LogP contribution in [0.4, 0.5) is 30.6 Å². The van der Waals surface area contributed by atoms with Crippen LogP contribution in [0.5, 0.6) is 0 Å². The summed E-state index contributed by atoms with van der Waals surface area (Å²) in [4.78, 5) is 47.9. The molecule has 0 radical (unpaired) electrons. The number of carbonyl (C=O) groups excluding carboxylic acids is 4. The molecule has 0 aromatic heterocycles. The molecule has 0 spiro atoms. The van der Waals surface area contributed by atoms with Gasteiger partial charge in [0, 0.05) is 0 Å². The van der Waals surface area contributed by atoms with Gasteiger partial charge in [0.1, 0.15) is 0 Å². The Morgan fingerprint density at radius 1 is 0.519 bits per heavy atom. The summed E-state index contributed by atoms with van der Waals surface area (Å²) in [5.74, 6) is 0. The molecule has 2 heterocycles. The zero-order chi connectivity index (χ0) is 19.0. The number of azo groups is 2. The summed E-state index contributed by atoms with van der Waals surface area (Å²) in [6, 6.07) is 10.8. The van der Waals surface area contributed by atoms with Crippen molar-refractivity contribution in [2.75, 3.05) is 9.80 Å². The average Bonchev–Trinajstić information content (AvgIpc) is 3.18. The number of carbonyl (C=O) groups is 4. The van der Waals surface area contributed by atoms with Gasteiger partial charge in [-0.1, -0.05) is 44.7 Å². The molecule has 2 aliphatic rings. The molecular weight excluding hydrogens is 352 g/mol. The number of hydrogen-bond donors (Lipinski definition) is 0. The van der Waals surface area contributed by atoms with Crippen LogP contribution in [0.3, 0.4) is 0 Å². The fourth-order valence-electron chi connectivity index (χ4n) is 2.72. The quantitative estimate of drug-likeness (QED) is 0.804. The van der Waals surface area contributed by atoms with Gasteiger partial charge in [-0.25, -0.2) is 29.0 Å². The lowest BCUT2D eigenvalue weighted by atomic mass is 10.0. The van der Waals surface area contributed by atoms with Crippen molar-refractivity contribution in [1.29, 1.82) is 0 Å². The standard InChI is InChI=1S/C17H10N6O4/c24-14-18-19-15(25)22(14)12-5-1-10(2-6-12)9-11-3-7-13(8-4-11)23-16(26)20-21-17(23)27/h1-8H,9H2. The fraction of sp³-hybridized carbons (Fsp3) is 0.0588. The van der Waals surface area contributed by atoms with Gasteiger partial charge < -0.3 is 0 Å². The molecular formula is C17H10N6O4. The van der Waals surface area contributed by atoms with Crippen molar-refractivity contribution in [3.63, 3.8) is 0 Å². The third-order valence-electron chi connectivity index (χ3n) is 4.00. The molecule has 0 fully saturated rings. The molecule has 10 nitrogen and oxygen atoms in total. The Hall–Kier alpha value is -4.08. The van der Waals surface area contributed by atoms with Crippen LogP contribution < -0.4 is 9.80 Å². The second-order valence-corrected chi connectivity index (χ2v) is 5.71. The van der Waals surface area contributed by atoms with Crippen LogP contribution in [0.1, 0.15) is 11.1 Å². The third-order valence-corrected chi connectivity index (χ3v) is 4.00. The maximum Gasteiger partial charge on any atom is 0.375 e. The lowest BCUT2D eigenvalue weighted by Crippen LogP contribution is -2.27. The normalized spacial score (nSPS) is 16.1. The Morgan fingerprint density at radius 3 is 1.11 bits per heavy atom. The second-order valence-electron chi connectivity index (χ2n) is 5.71. The van der Waals surface area contributed by atoms with E-state index in [0.29, 0.717) is 17.8 Å². The largest absolute Gasteiger partial charge is 0.375 e. The molecule has 0 saturated carbocycles. The highest BCUT2D eigenvalue weighted by Gasteiger charge is 2.29. The molecule has 0 aliphatic carbocycles. The SMILES string of the molecule is O=C1N=NC(=O)N1c1ccc(Cc2ccc(N3C(=O)N=NC3=O)cc2)cc1. The molecule has 8 amide bonds. The monoisotopic (exact) mass is 362 g/mol. The first-order chi connectivity index (χ1) is 13.0. The van der Waals surface area contributed by atoms with Crippen LogP contribution in [-0.4, -0.2) is 24.1 Å². The van der Waals surface area contributed by atoms with E-state index >= 15 is 0 Å². The summed E-state index contributed by atoms with van der Waals surface area (Å²) in [6.45, 7) is 0. The smallest absolute Gasteiger partial charge is 0.243 e. The van der Waals surface area contributed by atoms with Crippen molar-refractivity contribution >= 4 is 35.5 Å². The zero-order valence-corrected chi connectivity index (χ0v) is 13.6. The van der Waals surface area contributed by atoms with Crippen molar-refractivity contribution in [3.05, 3.63) is 59.7 Å². The molecule has 2 aliphatic heterocycles. The van der Waals surface area contributed by atoms with Gasteiger partial charge in [0.05, 0.1) is 11.4 Å². The topological polar surface area (TPSA) is 124 Å². The summed E-state index contributed by atoms with van der Waals surface area (Å²) < 4.78 is 0. The molecule has 132 valence electrons.